The molecule has 6 heteroatoms. The second-order valence-corrected chi connectivity index (χ2v) is 6.07. The molecule has 1 aliphatic heterocycles. The topological polar surface area (TPSA) is 70.3 Å². The van der Waals surface area contributed by atoms with Crippen molar-refractivity contribution < 1.29 is 0 Å². The molecule has 0 aliphatic carbocycles. The lowest BCUT2D eigenvalue weighted by Gasteiger charge is -2.31. The van der Waals surface area contributed by atoms with Crippen molar-refractivity contribution in [3.8, 4) is 0 Å². The second kappa shape index (κ2) is 7.30. The Balaban J connectivity index is 0.00000176. The molecule has 1 fully saturated rings. The first-order valence-corrected chi connectivity index (χ1v) is 7.62. The number of guanidine groups is 1. The molecular formula is C16H24IN5. The highest BCUT2D eigenvalue weighted by atomic mass is 127. The van der Waals surface area contributed by atoms with Crippen LogP contribution in [0.2, 0.25) is 0 Å². The van der Waals surface area contributed by atoms with Gasteiger partial charge in [0.25, 0.3) is 0 Å². The lowest BCUT2D eigenvalue weighted by Crippen LogP contribution is -2.43. The summed E-state index contributed by atoms with van der Waals surface area (Å²) in [6.45, 7) is 6.87. The minimum Gasteiger partial charge on any atom is -0.370 e. The Bertz CT molecular complexity index is 664. The third-order valence-corrected chi connectivity index (χ3v) is 4.06. The van der Waals surface area contributed by atoms with Gasteiger partial charge in [-0.05, 0) is 43.4 Å². The van der Waals surface area contributed by atoms with Gasteiger partial charge >= 0.3 is 0 Å². The Hall–Kier alpha value is -1.31. The normalized spacial score (nSPS) is 19.3. The van der Waals surface area contributed by atoms with Crippen LogP contribution in [-0.4, -0.2) is 33.9 Å². The van der Waals surface area contributed by atoms with Gasteiger partial charge in [0.05, 0.1) is 11.0 Å². The third kappa shape index (κ3) is 3.91. The van der Waals surface area contributed by atoms with Crippen molar-refractivity contribution in [3.63, 3.8) is 0 Å². The molecule has 120 valence electrons. The van der Waals surface area contributed by atoms with Crippen molar-refractivity contribution in [2.45, 2.75) is 33.2 Å². The number of hydrogen-bond donors (Lipinski definition) is 2. The number of aromatic amines is 1. The van der Waals surface area contributed by atoms with E-state index in [1.54, 1.807) is 0 Å². The summed E-state index contributed by atoms with van der Waals surface area (Å²) in [5.41, 5.74) is 9.38. The molecule has 0 spiro atoms. The van der Waals surface area contributed by atoms with E-state index < -0.39 is 0 Å². The summed E-state index contributed by atoms with van der Waals surface area (Å²) in [5, 5.41) is 0. The number of rotatable bonds is 2. The molecule has 2 heterocycles. The van der Waals surface area contributed by atoms with E-state index in [2.05, 4.69) is 45.8 Å². The number of aryl methyl sites for hydroxylation is 1. The molecule has 5 nitrogen and oxygen atoms in total. The molecule has 0 bridgehead atoms. The van der Waals surface area contributed by atoms with Crippen LogP contribution in [0.4, 0.5) is 0 Å². The SMILES string of the molecule is Cc1ccc2nc(CN=C(N)N3CCCC(C)C3)[nH]c2c1.I. The van der Waals surface area contributed by atoms with Gasteiger partial charge < -0.3 is 15.6 Å². The highest BCUT2D eigenvalue weighted by molar-refractivity contribution is 14.0. The Morgan fingerprint density at radius 1 is 1.50 bits per heavy atom. The van der Waals surface area contributed by atoms with Crippen molar-refractivity contribution in [2.75, 3.05) is 13.1 Å². The summed E-state index contributed by atoms with van der Waals surface area (Å²) in [4.78, 5) is 14.5. The van der Waals surface area contributed by atoms with Gasteiger partial charge in [-0.15, -0.1) is 24.0 Å². The zero-order valence-electron chi connectivity index (χ0n) is 13.2. The maximum atomic E-state index is 6.11. The lowest BCUT2D eigenvalue weighted by molar-refractivity contribution is 0.270. The average molecular weight is 413 g/mol. The minimum atomic E-state index is 0. The predicted octanol–water partition coefficient (Wildman–Crippen LogP) is 3.04. The van der Waals surface area contributed by atoms with Crippen LogP contribution >= 0.6 is 24.0 Å². The first kappa shape index (κ1) is 17.1. The minimum absolute atomic E-state index is 0. The van der Waals surface area contributed by atoms with Gasteiger partial charge in [0.1, 0.15) is 12.4 Å². The molecule has 0 radical (unpaired) electrons. The van der Waals surface area contributed by atoms with E-state index in [1.807, 2.05) is 6.07 Å². The summed E-state index contributed by atoms with van der Waals surface area (Å²) in [7, 11) is 0. The Kier molecular flexibility index (Phi) is 5.66. The zero-order valence-corrected chi connectivity index (χ0v) is 15.5. The van der Waals surface area contributed by atoms with E-state index >= 15 is 0 Å². The first-order valence-electron chi connectivity index (χ1n) is 7.62. The highest BCUT2D eigenvalue weighted by Gasteiger charge is 2.17. The fourth-order valence-electron chi connectivity index (χ4n) is 2.90. The smallest absolute Gasteiger partial charge is 0.191 e. The molecule has 3 N–H and O–H groups in total. The maximum absolute atomic E-state index is 6.11. The summed E-state index contributed by atoms with van der Waals surface area (Å²) in [6.07, 6.45) is 2.48. The third-order valence-electron chi connectivity index (χ3n) is 4.06. The van der Waals surface area contributed by atoms with Crippen LogP contribution in [0.15, 0.2) is 23.2 Å². The zero-order chi connectivity index (χ0) is 14.8. The second-order valence-electron chi connectivity index (χ2n) is 6.07. The number of nitrogens with zero attached hydrogens (tertiary/aromatic N) is 3. The molecule has 1 saturated heterocycles. The number of imidazole rings is 1. The van der Waals surface area contributed by atoms with E-state index in [0.717, 1.165) is 29.9 Å². The van der Waals surface area contributed by atoms with Crippen LogP contribution in [0.3, 0.4) is 0 Å². The largest absolute Gasteiger partial charge is 0.370 e. The van der Waals surface area contributed by atoms with Crippen LogP contribution in [0.5, 0.6) is 0 Å². The summed E-state index contributed by atoms with van der Waals surface area (Å²) in [5.74, 6) is 2.20. The number of halogens is 1. The van der Waals surface area contributed by atoms with Crippen LogP contribution in [0.1, 0.15) is 31.2 Å². The first-order chi connectivity index (χ1) is 10.1. The predicted molar refractivity (Wildman–Crippen MR) is 102 cm³/mol. The van der Waals surface area contributed by atoms with Crippen LogP contribution < -0.4 is 5.73 Å². The molecule has 1 aromatic carbocycles. The number of H-pyrrole nitrogens is 1. The molecule has 1 unspecified atom stereocenters. The van der Waals surface area contributed by atoms with Crippen LogP contribution in [0, 0.1) is 12.8 Å². The number of benzene rings is 1. The Morgan fingerprint density at radius 2 is 2.32 bits per heavy atom. The summed E-state index contributed by atoms with van der Waals surface area (Å²) in [6, 6.07) is 6.20. The molecular weight excluding hydrogens is 389 g/mol. The monoisotopic (exact) mass is 413 g/mol. The van der Waals surface area contributed by atoms with Gasteiger partial charge in [0.15, 0.2) is 5.96 Å². The number of fused-ring (bicyclic) bond motifs is 1. The molecule has 1 aromatic heterocycles. The number of likely N-dealkylation sites (tertiary alicyclic amines) is 1. The molecule has 3 rings (SSSR count). The molecule has 1 aliphatic rings. The van der Waals surface area contributed by atoms with E-state index in [-0.39, 0.29) is 24.0 Å². The van der Waals surface area contributed by atoms with Crippen molar-refractivity contribution in [1.82, 2.24) is 14.9 Å². The standard InChI is InChI=1S/C16H23N5.HI/c1-11-5-6-13-14(8-11)20-15(19-13)9-18-16(17)21-7-3-4-12(2)10-21;/h5-6,8,12H,3-4,7,9-10H2,1-2H3,(H2,17,18)(H,19,20);1H. The van der Waals surface area contributed by atoms with E-state index in [4.69, 9.17) is 5.73 Å². The summed E-state index contributed by atoms with van der Waals surface area (Å²) < 4.78 is 0. The number of nitrogens with one attached hydrogen (secondary N) is 1. The van der Waals surface area contributed by atoms with Gasteiger partial charge in [0, 0.05) is 13.1 Å². The fraction of sp³-hybridized carbons (Fsp3) is 0.500. The quantitative estimate of drug-likeness (QED) is 0.452. The number of nitrogens with two attached hydrogens (primary N) is 1. The van der Waals surface area contributed by atoms with Crippen molar-refractivity contribution in [2.24, 2.45) is 16.6 Å². The van der Waals surface area contributed by atoms with Crippen molar-refractivity contribution >= 4 is 41.0 Å². The molecule has 0 saturated carbocycles. The molecule has 0 amide bonds. The van der Waals surface area contributed by atoms with E-state index in [9.17, 15) is 0 Å². The summed E-state index contributed by atoms with van der Waals surface area (Å²) >= 11 is 0. The fourth-order valence-corrected chi connectivity index (χ4v) is 2.90. The number of piperidine rings is 1. The van der Waals surface area contributed by atoms with Crippen LogP contribution in [-0.2, 0) is 6.54 Å². The van der Waals surface area contributed by atoms with Gasteiger partial charge in [-0.25, -0.2) is 9.98 Å². The number of hydrogen-bond acceptors (Lipinski definition) is 2. The number of aromatic nitrogens is 2. The van der Waals surface area contributed by atoms with Gasteiger partial charge in [-0.2, -0.15) is 0 Å². The average Bonchev–Trinajstić information content (AvgIpc) is 2.86. The Morgan fingerprint density at radius 3 is 3.09 bits per heavy atom. The van der Waals surface area contributed by atoms with Gasteiger partial charge in [-0.3, -0.25) is 0 Å². The van der Waals surface area contributed by atoms with Gasteiger partial charge in [0.2, 0.25) is 0 Å². The molecule has 22 heavy (non-hydrogen) atoms. The highest BCUT2D eigenvalue weighted by Crippen LogP contribution is 2.16. The maximum Gasteiger partial charge on any atom is 0.191 e. The van der Waals surface area contributed by atoms with E-state index in [0.29, 0.717) is 18.4 Å². The number of aliphatic imine (C=N–C) groups is 1. The van der Waals surface area contributed by atoms with E-state index in [1.165, 1.54) is 18.4 Å². The lowest BCUT2D eigenvalue weighted by atomic mass is 10.0. The van der Waals surface area contributed by atoms with Crippen molar-refractivity contribution in [1.29, 1.82) is 0 Å². The molecule has 1 atom stereocenters. The van der Waals surface area contributed by atoms with Crippen LogP contribution in [0.25, 0.3) is 11.0 Å². The Labute approximate surface area is 148 Å². The molecule has 2 aromatic rings. The van der Waals surface area contributed by atoms with Gasteiger partial charge in [-0.1, -0.05) is 13.0 Å². The van der Waals surface area contributed by atoms with Crippen molar-refractivity contribution in [3.05, 3.63) is 29.6 Å².